The third kappa shape index (κ3) is 5.84. The smallest absolute Gasteiger partial charge is 0.0674 e. The number of aliphatic hydroxyl groups is 1. The van der Waals surface area contributed by atoms with E-state index in [1.165, 1.54) is 38.6 Å². The van der Waals surface area contributed by atoms with Crippen LogP contribution in [0.3, 0.4) is 0 Å². The SMILES string of the molecule is CC(C)CCN(CCC(O)CN)C1CCCC1. The number of nitrogens with two attached hydrogens (primary N) is 1. The Morgan fingerprint density at radius 1 is 1.18 bits per heavy atom. The van der Waals surface area contributed by atoms with E-state index in [1.807, 2.05) is 0 Å². The van der Waals surface area contributed by atoms with Gasteiger partial charge in [0.1, 0.15) is 0 Å². The lowest BCUT2D eigenvalue weighted by atomic mass is 10.1. The Morgan fingerprint density at radius 3 is 2.29 bits per heavy atom. The van der Waals surface area contributed by atoms with Gasteiger partial charge in [0.25, 0.3) is 0 Å². The minimum atomic E-state index is -0.321. The molecule has 3 heteroatoms. The van der Waals surface area contributed by atoms with Crippen molar-refractivity contribution in [2.75, 3.05) is 19.6 Å². The van der Waals surface area contributed by atoms with E-state index in [9.17, 15) is 5.11 Å². The summed E-state index contributed by atoms with van der Waals surface area (Å²) in [6.45, 7) is 7.14. The van der Waals surface area contributed by atoms with Crippen LogP contribution < -0.4 is 5.73 Å². The van der Waals surface area contributed by atoms with Crippen molar-refractivity contribution in [1.29, 1.82) is 0 Å². The first-order valence-electron chi connectivity index (χ1n) is 7.25. The fraction of sp³-hybridized carbons (Fsp3) is 1.00. The first-order chi connectivity index (χ1) is 8.13. The molecule has 3 nitrogen and oxygen atoms in total. The largest absolute Gasteiger partial charge is 0.392 e. The minimum absolute atomic E-state index is 0.321. The fourth-order valence-corrected chi connectivity index (χ4v) is 2.60. The number of nitrogens with zero attached hydrogens (tertiary/aromatic N) is 1. The fourth-order valence-electron chi connectivity index (χ4n) is 2.60. The molecule has 17 heavy (non-hydrogen) atoms. The highest BCUT2D eigenvalue weighted by Crippen LogP contribution is 2.24. The van der Waals surface area contributed by atoms with Crippen LogP contribution in [-0.2, 0) is 0 Å². The second kappa shape index (κ2) is 8.06. The molecule has 1 atom stereocenters. The second-order valence-corrected chi connectivity index (χ2v) is 5.83. The molecule has 0 bridgehead atoms. The van der Waals surface area contributed by atoms with E-state index in [-0.39, 0.29) is 6.10 Å². The van der Waals surface area contributed by atoms with Crippen LogP contribution in [0.5, 0.6) is 0 Å². The number of aliphatic hydroxyl groups excluding tert-OH is 1. The summed E-state index contributed by atoms with van der Waals surface area (Å²) in [5, 5.41) is 9.58. The van der Waals surface area contributed by atoms with Crippen molar-refractivity contribution in [2.24, 2.45) is 11.7 Å². The zero-order valence-electron chi connectivity index (χ0n) is 11.6. The Bertz CT molecular complexity index is 191. The summed E-state index contributed by atoms with van der Waals surface area (Å²) in [5.74, 6) is 0.762. The molecule has 1 unspecified atom stereocenters. The summed E-state index contributed by atoms with van der Waals surface area (Å²) < 4.78 is 0. The monoisotopic (exact) mass is 242 g/mol. The second-order valence-electron chi connectivity index (χ2n) is 5.83. The van der Waals surface area contributed by atoms with Crippen LogP contribution in [0.1, 0.15) is 52.4 Å². The summed E-state index contributed by atoms with van der Waals surface area (Å²) in [4.78, 5) is 2.59. The highest BCUT2D eigenvalue weighted by atomic mass is 16.3. The molecule has 1 rings (SSSR count). The molecule has 0 aliphatic heterocycles. The van der Waals surface area contributed by atoms with E-state index in [0.717, 1.165) is 24.9 Å². The van der Waals surface area contributed by atoms with Gasteiger partial charge in [-0.2, -0.15) is 0 Å². The standard InChI is InChI=1S/C14H30N2O/c1-12(2)7-9-16(10-8-14(17)11-15)13-5-3-4-6-13/h12-14,17H,3-11,15H2,1-2H3. The van der Waals surface area contributed by atoms with Gasteiger partial charge in [-0.1, -0.05) is 26.7 Å². The summed E-state index contributed by atoms with van der Waals surface area (Å²) in [5.41, 5.74) is 5.47. The quantitative estimate of drug-likeness (QED) is 0.684. The van der Waals surface area contributed by atoms with Crippen LogP contribution in [0.4, 0.5) is 0 Å². The Morgan fingerprint density at radius 2 is 1.76 bits per heavy atom. The van der Waals surface area contributed by atoms with Crippen molar-refractivity contribution in [3.05, 3.63) is 0 Å². The van der Waals surface area contributed by atoms with Crippen LogP contribution >= 0.6 is 0 Å². The number of hydrogen-bond donors (Lipinski definition) is 2. The predicted octanol–water partition coefficient (Wildman–Crippen LogP) is 1.99. The van der Waals surface area contributed by atoms with Gasteiger partial charge in [0.15, 0.2) is 0 Å². The van der Waals surface area contributed by atoms with E-state index in [1.54, 1.807) is 0 Å². The maximum Gasteiger partial charge on any atom is 0.0674 e. The molecule has 0 amide bonds. The average molecular weight is 242 g/mol. The van der Waals surface area contributed by atoms with Gasteiger partial charge in [-0.25, -0.2) is 0 Å². The van der Waals surface area contributed by atoms with Crippen LogP contribution in [-0.4, -0.2) is 41.8 Å². The van der Waals surface area contributed by atoms with Gasteiger partial charge in [0.2, 0.25) is 0 Å². The van der Waals surface area contributed by atoms with Crippen molar-refractivity contribution in [1.82, 2.24) is 4.90 Å². The molecule has 0 heterocycles. The van der Waals surface area contributed by atoms with E-state index in [4.69, 9.17) is 5.73 Å². The molecular weight excluding hydrogens is 212 g/mol. The third-order valence-corrected chi connectivity index (χ3v) is 3.86. The topological polar surface area (TPSA) is 49.5 Å². The molecule has 1 fully saturated rings. The van der Waals surface area contributed by atoms with Crippen molar-refractivity contribution >= 4 is 0 Å². The van der Waals surface area contributed by atoms with Crippen molar-refractivity contribution < 1.29 is 5.11 Å². The van der Waals surface area contributed by atoms with E-state index in [0.29, 0.717) is 6.54 Å². The molecule has 0 aromatic rings. The van der Waals surface area contributed by atoms with Crippen LogP contribution in [0.25, 0.3) is 0 Å². The molecule has 0 aromatic heterocycles. The summed E-state index contributed by atoms with van der Waals surface area (Å²) in [6, 6.07) is 0.763. The van der Waals surface area contributed by atoms with Crippen molar-refractivity contribution in [3.63, 3.8) is 0 Å². The molecule has 1 saturated carbocycles. The minimum Gasteiger partial charge on any atom is -0.392 e. The Labute approximate surface area is 106 Å². The lowest BCUT2D eigenvalue weighted by Gasteiger charge is -2.30. The van der Waals surface area contributed by atoms with Gasteiger partial charge in [0, 0.05) is 19.1 Å². The molecule has 0 radical (unpaired) electrons. The number of hydrogen-bond acceptors (Lipinski definition) is 3. The molecular formula is C14H30N2O. The highest BCUT2D eigenvalue weighted by molar-refractivity contribution is 4.78. The van der Waals surface area contributed by atoms with Gasteiger partial charge in [0.05, 0.1) is 6.10 Å². The van der Waals surface area contributed by atoms with Gasteiger partial charge >= 0.3 is 0 Å². The van der Waals surface area contributed by atoms with Gasteiger partial charge in [-0.3, -0.25) is 0 Å². The Hall–Kier alpha value is -0.120. The van der Waals surface area contributed by atoms with Gasteiger partial charge in [-0.05, 0) is 38.1 Å². The van der Waals surface area contributed by atoms with Crippen LogP contribution in [0.2, 0.25) is 0 Å². The summed E-state index contributed by atoms with van der Waals surface area (Å²) in [6.07, 6.45) is 7.20. The molecule has 1 aliphatic carbocycles. The van der Waals surface area contributed by atoms with Crippen molar-refractivity contribution in [3.8, 4) is 0 Å². The molecule has 102 valence electrons. The van der Waals surface area contributed by atoms with E-state index in [2.05, 4.69) is 18.7 Å². The zero-order valence-corrected chi connectivity index (χ0v) is 11.6. The zero-order chi connectivity index (χ0) is 12.7. The predicted molar refractivity (Wildman–Crippen MR) is 73.0 cm³/mol. The first-order valence-corrected chi connectivity index (χ1v) is 7.25. The van der Waals surface area contributed by atoms with E-state index >= 15 is 0 Å². The maximum absolute atomic E-state index is 9.58. The third-order valence-electron chi connectivity index (χ3n) is 3.86. The molecule has 1 aliphatic rings. The molecule has 3 N–H and O–H groups in total. The summed E-state index contributed by atoms with van der Waals surface area (Å²) >= 11 is 0. The highest BCUT2D eigenvalue weighted by Gasteiger charge is 2.22. The van der Waals surface area contributed by atoms with Gasteiger partial charge < -0.3 is 15.7 Å². The van der Waals surface area contributed by atoms with Crippen LogP contribution in [0, 0.1) is 5.92 Å². The molecule has 0 spiro atoms. The summed E-state index contributed by atoms with van der Waals surface area (Å²) in [7, 11) is 0. The Balaban J connectivity index is 2.34. The van der Waals surface area contributed by atoms with Crippen molar-refractivity contribution in [2.45, 2.75) is 64.5 Å². The normalized spacial score (nSPS) is 19.4. The lowest BCUT2D eigenvalue weighted by molar-refractivity contribution is 0.124. The Kier molecular flexibility index (Phi) is 7.09. The maximum atomic E-state index is 9.58. The average Bonchev–Trinajstić information content (AvgIpc) is 2.81. The lowest BCUT2D eigenvalue weighted by Crippen LogP contribution is -2.37. The number of rotatable bonds is 8. The van der Waals surface area contributed by atoms with Crippen LogP contribution in [0.15, 0.2) is 0 Å². The molecule has 0 aromatic carbocycles. The van der Waals surface area contributed by atoms with E-state index < -0.39 is 0 Å². The van der Waals surface area contributed by atoms with Gasteiger partial charge in [-0.15, -0.1) is 0 Å². The first kappa shape index (κ1) is 14.9. The molecule has 0 saturated heterocycles.